The molecule has 0 fully saturated rings. The molecular weight excluding hydrogens is 1060 g/mol. The lowest BCUT2D eigenvalue weighted by Gasteiger charge is -2.42. The molecular formula is C74H115N11O+6. The standard InChI is InChI=1S/C14H22N.2C13H19N2.C12H18N3.C12H17N2O.C10H20N/c1-10(2)12-8-9-15(11(3)4)14-7-5-6-13(12)14;1-10(2)12-5-6-13-8-14(11(3)4)9-15(13)7-12;1-10(2)14-8-5-6-12-13(14)7-9-15(12)11(3)4;1-9(2)14-7-5-6-11-12(14)13-8-15(11)10(3)4;1-8(2)11-13-10-6-5-7-14(9(3)4)12(10)15-11;1-9(2)11(10(3)4)7-5-6-8-11/h8-11H,5-7H2,1-4H3;2*5-11H,1-4H3;5-10H,1-4H3;5-9H,1-4H3;5-6,9-10H,7-8H2,1-4H3/q6*+1. The van der Waals surface area contributed by atoms with Crippen LogP contribution in [0, 0.1) is 0 Å². The van der Waals surface area contributed by atoms with Gasteiger partial charge in [0.15, 0.2) is 53.4 Å². The minimum absolute atomic E-state index is 0.331. The highest BCUT2D eigenvalue weighted by Crippen LogP contribution is 2.29. The van der Waals surface area contributed by atoms with Crippen LogP contribution in [-0.2, 0) is 12.8 Å². The van der Waals surface area contributed by atoms with Gasteiger partial charge in [0, 0.05) is 60.4 Å². The number of pyridine rings is 5. The summed E-state index contributed by atoms with van der Waals surface area (Å²) in [4.78, 5) is 8.95. The van der Waals surface area contributed by atoms with Crippen molar-refractivity contribution in [1.29, 1.82) is 0 Å². The van der Waals surface area contributed by atoms with Crippen molar-refractivity contribution in [3.63, 3.8) is 0 Å². The summed E-state index contributed by atoms with van der Waals surface area (Å²) in [7, 11) is 0. The van der Waals surface area contributed by atoms with E-state index in [1.165, 1.54) is 64.5 Å². The number of rotatable bonds is 12. The van der Waals surface area contributed by atoms with E-state index in [9.17, 15) is 0 Å². The van der Waals surface area contributed by atoms with E-state index in [0.717, 1.165) is 34.9 Å². The monoisotopic (exact) mass is 1170 g/mol. The fourth-order valence-corrected chi connectivity index (χ4v) is 11.9. The van der Waals surface area contributed by atoms with Gasteiger partial charge in [0.25, 0.3) is 0 Å². The van der Waals surface area contributed by atoms with Crippen molar-refractivity contribution >= 4 is 38.9 Å². The Balaban J connectivity index is 0.000000166. The van der Waals surface area contributed by atoms with Crippen LogP contribution >= 0.6 is 0 Å². The van der Waals surface area contributed by atoms with Crippen molar-refractivity contribution in [3.05, 3.63) is 157 Å². The van der Waals surface area contributed by atoms with Crippen molar-refractivity contribution < 1.29 is 31.7 Å². The largest absolute Gasteiger partial charge is 0.401 e. The number of imidazole rings is 2. The molecule has 10 heterocycles. The van der Waals surface area contributed by atoms with E-state index in [1.807, 2.05) is 24.7 Å². The fraction of sp³-hybridized carbons (Fsp3) is 0.554. The number of quaternary nitrogens is 1. The van der Waals surface area contributed by atoms with Crippen LogP contribution in [0.1, 0.15) is 261 Å². The van der Waals surface area contributed by atoms with Gasteiger partial charge in [0.05, 0.1) is 49.7 Å². The molecule has 2 aliphatic rings. The third kappa shape index (κ3) is 16.3. The molecule has 11 rings (SSSR count). The Morgan fingerprint density at radius 1 is 0.535 bits per heavy atom. The summed E-state index contributed by atoms with van der Waals surface area (Å²) in [6.07, 6.45) is 27.8. The maximum atomic E-state index is 5.77. The van der Waals surface area contributed by atoms with Crippen LogP contribution in [0.2, 0.25) is 0 Å². The van der Waals surface area contributed by atoms with Crippen LogP contribution in [0.3, 0.4) is 0 Å². The van der Waals surface area contributed by atoms with E-state index in [1.54, 1.807) is 16.8 Å². The second kappa shape index (κ2) is 30.4. The van der Waals surface area contributed by atoms with Crippen molar-refractivity contribution in [2.24, 2.45) is 0 Å². The molecule has 0 unspecified atom stereocenters. The number of hydrogen-bond acceptors (Lipinski definition) is 3. The fourth-order valence-electron chi connectivity index (χ4n) is 11.9. The Morgan fingerprint density at radius 3 is 1.65 bits per heavy atom. The Kier molecular flexibility index (Phi) is 24.2. The van der Waals surface area contributed by atoms with Crippen LogP contribution in [0.25, 0.3) is 38.9 Å². The molecule has 466 valence electrons. The van der Waals surface area contributed by atoms with Gasteiger partial charge in [0.2, 0.25) is 24.1 Å². The van der Waals surface area contributed by atoms with E-state index in [0.29, 0.717) is 60.0 Å². The first-order valence-corrected chi connectivity index (χ1v) is 32.9. The highest BCUT2D eigenvalue weighted by Gasteiger charge is 2.35. The van der Waals surface area contributed by atoms with Crippen molar-refractivity contribution in [1.82, 2.24) is 23.5 Å². The number of hydrogen-bond donors (Lipinski definition) is 0. The highest BCUT2D eigenvalue weighted by atomic mass is 16.4. The first-order chi connectivity index (χ1) is 40.6. The van der Waals surface area contributed by atoms with E-state index in [4.69, 9.17) is 4.42 Å². The molecule has 0 saturated carbocycles. The predicted octanol–water partition coefficient (Wildman–Crippen LogP) is 16.7. The van der Waals surface area contributed by atoms with Gasteiger partial charge < -0.3 is 18.0 Å². The first-order valence-electron chi connectivity index (χ1n) is 32.9. The van der Waals surface area contributed by atoms with Crippen LogP contribution < -0.4 is 22.8 Å². The number of fused-ring (bicyclic) bond motifs is 5. The van der Waals surface area contributed by atoms with E-state index < -0.39 is 0 Å². The minimum Gasteiger partial charge on any atom is -0.388 e. The Hall–Kier alpha value is -6.53. The van der Waals surface area contributed by atoms with Gasteiger partial charge in [-0.2, -0.15) is 9.13 Å². The molecule has 0 N–H and O–H groups in total. The molecule has 86 heavy (non-hydrogen) atoms. The molecule has 0 radical (unpaired) electrons. The van der Waals surface area contributed by atoms with E-state index in [2.05, 4.69) is 317 Å². The van der Waals surface area contributed by atoms with Crippen LogP contribution in [0.4, 0.5) is 0 Å². The zero-order valence-corrected chi connectivity index (χ0v) is 57.9. The summed E-state index contributed by atoms with van der Waals surface area (Å²) in [6, 6.07) is 26.4. The van der Waals surface area contributed by atoms with Crippen LogP contribution in [0.5, 0.6) is 0 Å². The Morgan fingerprint density at radius 2 is 1.12 bits per heavy atom. The number of nitrogens with zero attached hydrogens (tertiary/aromatic N) is 11. The molecule has 1 aliphatic carbocycles. The van der Waals surface area contributed by atoms with Crippen molar-refractivity contribution in [2.45, 2.75) is 258 Å². The van der Waals surface area contributed by atoms with Gasteiger partial charge in [-0.15, -0.1) is 0 Å². The SMILES string of the molecule is CC(C)[N+]1(C(C)C)CC=CC1.CC(C)c1cc[n+](C(C)C)c2c1CCC2.CC(C)c1ccc2c[n+](C(C)C)cn2c1.CC(C)c1nc2ccc[n+](C(C)C)c2o1.CC(C)n1ccc2c1ccc[n+]2C(C)C.CC(C)n1cnc2c1ccc[n+]2C(C)C. The average Bonchev–Trinajstić information content (AvgIpc) is 1.97. The smallest absolute Gasteiger partial charge is 0.388 e. The van der Waals surface area contributed by atoms with Gasteiger partial charge in [-0.1, -0.05) is 47.6 Å². The Bertz CT molecular complexity index is 3420. The second-order valence-electron chi connectivity index (χ2n) is 27.5. The van der Waals surface area contributed by atoms with Crippen LogP contribution in [-0.4, -0.2) is 53.2 Å². The second-order valence-corrected chi connectivity index (χ2v) is 27.5. The van der Waals surface area contributed by atoms with Gasteiger partial charge in [-0.25, -0.2) is 23.1 Å². The predicted molar refractivity (Wildman–Crippen MR) is 357 cm³/mol. The van der Waals surface area contributed by atoms with E-state index >= 15 is 0 Å². The average molecular weight is 1170 g/mol. The topological polar surface area (TPSA) is 72.6 Å². The van der Waals surface area contributed by atoms with Crippen LogP contribution in [0.15, 0.2) is 133 Å². The highest BCUT2D eigenvalue weighted by molar-refractivity contribution is 5.72. The van der Waals surface area contributed by atoms with Gasteiger partial charge in [0.1, 0.15) is 17.2 Å². The zero-order valence-electron chi connectivity index (χ0n) is 57.9. The third-order valence-electron chi connectivity index (χ3n) is 17.3. The lowest BCUT2D eigenvalue weighted by molar-refractivity contribution is -0.952. The molecule has 0 bridgehead atoms. The molecule has 1 aliphatic heterocycles. The third-order valence-corrected chi connectivity index (χ3v) is 17.3. The molecule has 0 saturated heterocycles. The molecule has 0 atom stereocenters. The summed E-state index contributed by atoms with van der Waals surface area (Å²) in [5, 5.41) is 0. The lowest BCUT2D eigenvalue weighted by atomic mass is 9.97. The van der Waals surface area contributed by atoms with Gasteiger partial charge in [-0.3, -0.25) is 0 Å². The summed E-state index contributed by atoms with van der Waals surface area (Å²) >= 11 is 0. The molecule has 12 nitrogen and oxygen atoms in total. The normalized spacial score (nSPS) is 13.7. The molecule has 0 amide bonds. The quantitative estimate of drug-likeness (QED) is 0.0695. The van der Waals surface area contributed by atoms with Gasteiger partial charge in [-0.05, 0) is 208 Å². The summed E-state index contributed by atoms with van der Waals surface area (Å²) < 4.78 is 25.1. The van der Waals surface area contributed by atoms with E-state index in [-0.39, 0.29) is 0 Å². The molecule has 0 spiro atoms. The molecule has 12 heteroatoms. The summed E-state index contributed by atoms with van der Waals surface area (Å²) in [5.74, 6) is 2.39. The molecule has 9 aromatic heterocycles. The number of oxazole rings is 1. The van der Waals surface area contributed by atoms with Gasteiger partial charge >= 0.3 is 11.4 Å². The maximum absolute atomic E-state index is 5.77. The maximum Gasteiger partial charge on any atom is 0.401 e. The first kappa shape index (κ1) is 68.6. The minimum atomic E-state index is 0.331. The number of aromatic nitrogens is 10. The molecule has 9 aromatic rings. The van der Waals surface area contributed by atoms with Crippen molar-refractivity contribution in [2.75, 3.05) is 13.1 Å². The zero-order chi connectivity index (χ0) is 63.5. The lowest BCUT2D eigenvalue weighted by Crippen LogP contribution is -2.55. The summed E-state index contributed by atoms with van der Waals surface area (Å²) in [6.45, 7) is 55.8. The molecule has 0 aromatic carbocycles. The van der Waals surface area contributed by atoms with Crippen molar-refractivity contribution in [3.8, 4) is 0 Å². The summed E-state index contributed by atoms with van der Waals surface area (Å²) in [5.41, 5.74) is 14.2. The Labute approximate surface area is 519 Å².